The van der Waals surface area contributed by atoms with Crippen LogP contribution in [0.3, 0.4) is 0 Å². The predicted molar refractivity (Wildman–Crippen MR) is 200 cm³/mol. The van der Waals surface area contributed by atoms with Crippen molar-refractivity contribution in [2.75, 3.05) is 75.2 Å². The first-order valence-corrected chi connectivity index (χ1v) is 15.5. The lowest BCUT2D eigenvalue weighted by molar-refractivity contribution is 0.215. The monoisotopic (exact) mass is 682 g/mol. The topological polar surface area (TPSA) is 127 Å². The van der Waals surface area contributed by atoms with Gasteiger partial charge in [0.15, 0.2) is 0 Å². The Balaban J connectivity index is 7.05. The lowest BCUT2D eigenvalue weighted by Gasteiger charge is -2.34. The van der Waals surface area contributed by atoms with E-state index in [2.05, 4.69) is 32.9 Å². The van der Waals surface area contributed by atoms with Crippen molar-refractivity contribution in [1.29, 1.82) is 0 Å². The SMILES string of the molecule is C=C(/C=C\C(=C)C(C)(C(=C)/C=C(CO)\C(O)=C\COC)C(=C)/C=C(COC)\C(O)=C\COC)C(C)(C)C(=C)/C=C(COC)\C(O)=C\COC. The third-order valence-corrected chi connectivity index (χ3v) is 8.15. The van der Waals surface area contributed by atoms with Crippen LogP contribution in [-0.4, -0.2) is 95.6 Å². The van der Waals surface area contributed by atoms with E-state index in [1.165, 1.54) is 47.7 Å². The summed E-state index contributed by atoms with van der Waals surface area (Å²) in [6.07, 6.45) is 13.1. The highest BCUT2D eigenvalue weighted by molar-refractivity contribution is 5.54. The summed E-state index contributed by atoms with van der Waals surface area (Å²) in [5.74, 6) is -0.165. The molecular formula is C40H58O9. The second-order valence-electron chi connectivity index (χ2n) is 11.9. The summed E-state index contributed by atoms with van der Waals surface area (Å²) in [6.45, 7) is 27.7. The zero-order valence-corrected chi connectivity index (χ0v) is 30.7. The van der Waals surface area contributed by atoms with E-state index in [0.717, 1.165) is 0 Å². The number of aliphatic hydroxyl groups excluding tert-OH is 4. The van der Waals surface area contributed by atoms with E-state index in [-0.39, 0.29) is 55.9 Å². The molecule has 0 aromatic heterocycles. The van der Waals surface area contributed by atoms with Crippen molar-refractivity contribution in [1.82, 2.24) is 0 Å². The summed E-state index contributed by atoms with van der Waals surface area (Å²) in [7, 11) is 7.60. The predicted octanol–water partition coefficient (Wildman–Crippen LogP) is 7.69. The van der Waals surface area contributed by atoms with Gasteiger partial charge in [-0.15, -0.1) is 0 Å². The molecule has 0 saturated heterocycles. The largest absolute Gasteiger partial charge is 0.508 e. The maximum absolute atomic E-state index is 10.8. The minimum Gasteiger partial charge on any atom is -0.508 e. The van der Waals surface area contributed by atoms with Crippen LogP contribution >= 0.6 is 0 Å². The highest BCUT2D eigenvalue weighted by Gasteiger charge is 2.33. The number of methoxy groups -OCH3 is 5. The fourth-order valence-electron chi connectivity index (χ4n) is 4.27. The van der Waals surface area contributed by atoms with Gasteiger partial charge < -0.3 is 44.1 Å². The number of hydrogen-bond acceptors (Lipinski definition) is 9. The molecule has 272 valence electrons. The van der Waals surface area contributed by atoms with Crippen molar-refractivity contribution in [2.24, 2.45) is 10.8 Å². The van der Waals surface area contributed by atoms with Crippen LogP contribution in [0, 0.1) is 10.8 Å². The maximum atomic E-state index is 10.8. The van der Waals surface area contributed by atoms with Crippen LogP contribution < -0.4 is 0 Å². The standard InChI is InChI=1S/C40H58O9/c1-28(39(6,7)30(3)22-34(26-48-12)37(43)17-20-46-10)14-15-29(2)40(8,31(4)23-33(25-41)36(42)16-19-45-9)32(5)24-35(27-49-13)38(44)18-21-47-11/h14-18,22-24,41-44H,1-5,19-21,25-27H2,6-13H3/b15-14-,33-23-,34-22-,35-24-,36-16-,37-17-,38-18-. The Morgan fingerprint density at radius 1 is 0.510 bits per heavy atom. The van der Waals surface area contributed by atoms with Gasteiger partial charge >= 0.3 is 0 Å². The lowest BCUT2D eigenvalue weighted by Crippen LogP contribution is -2.23. The zero-order chi connectivity index (χ0) is 37.8. The number of aliphatic hydroxyl groups is 4. The lowest BCUT2D eigenvalue weighted by atomic mass is 9.69. The molecule has 0 bridgehead atoms. The molecule has 9 nitrogen and oxygen atoms in total. The summed E-state index contributed by atoms with van der Waals surface area (Å²) in [5.41, 5.74) is 2.28. The normalized spacial score (nSPS) is 15.4. The third kappa shape index (κ3) is 13.8. The first-order valence-electron chi connectivity index (χ1n) is 15.5. The van der Waals surface area contributed by atoms with Crippen molar-refractivity contribution in [3.8, 4) is 0 Å². The molecule has 0 spiro atoms. The Morgan fingerprint density at radius 3 is 1.22 bits per heavy atom. The molecule has 4 N–H and O–H groups in total. The van der Waals surface area contributed by atoms with Crippen molar-refractivity contribution in [3.63, 3.8) is 0 Å². The van der Waals surface area contributed by atoms with Crippen LogP contribution in [0.15, 0.2) is 143 Å². The van der Waals surface area contributed by atoms with Gasteiger partial charge in [-0.1, -0.05) is 58.9 Å². The van der Waals surface area contributed by atoms with E-state index >= 15 is 0 Å². The van der Waals surface area contributed by atoms with E-state index in [0.29, 0.717) is 39.0 Å². The van der Waals surface area contributed by atoms with E-state index in [1.807, 2.05) is 26.8 Å². The Bertz CT molecular complexity index is 1400. The first kappa shape index (κ1) is 45.0. The molecule has 0 fully saturated rings. The molecule has 0 aliphatic heterocycles. The van der Waals surface area contributed by atoms with Gasteiger partial charge in [0.1, 0.15) is 17.3 Å². The Labute approximate surface area is 293 Å². The minimum atomic E-state index is -1.09. The molecule has 0 radical (unpaired) electrons. The van der Waals surface area contributed by atoms with Crippen molar-refractivity contribution in [3.05, 3.63) is 143 Å². The van der Waals surface area contributed by atoms with Gasteiger partial charge in [-0.05, 0) is 71.2 Å². The second kappa shape index (κ2) is 22.6. The molecule has 0 aliphatic carbocycles. The third-order valence-electron chi connectivity index (χ3n) is 8.15. The molecular weight excluding hydrogens is 624 g/mol. The number of ether oxygens (including phenoxy) is 5. The van der Waals surface area contributed by atoms with E-state index < -0.39 is 17.4 Å². The van der Waals surface area contributed by atoms with E-state index in [1.54, 1.807) is 30.4 Å². The summed E-state index contributed by atoms with van der Waals surface area (Å²) in [4.78, 5) is 0. The van der Waals surface area contributed by atoms with Crippen molar-refractivity contribution >= 4 is 0 Å². The fourth-order valence-corrected chi connectivity index (χ4v) is 4.27. The van der Waals surface area contributed by atoms with Gasteiger partial charge in [0.05, 0.1) is 39.6 Å². The molecule has 1 atom stereocenters. The molecule has 0 aromatic rings. The van der Waals surface area contributed by atoms with Crippen LogP contribution in [0.1, 0.15) is 20.8 Å². The number of hydrogen-bond donors (Lipinski definition) is 4. The average molecular weight is 683 g/mol. The maximum Gasteiger partial charge on any atom is 0.119 e. The Hall–Kier alpha value is -3.96. The highest BCUT2D eigenvalue weighted by Crippen LogP contribution is 2.44. The molecule has 9 heteroatoms. The summed E-state index contributed by atoms with van der Waals surface area (Å²) in [6, 6.07) is 0. The van der Waals surface area contributed by atoms with Crippen LogP contribution in [0.5, 0.6) is 0 Å². The van der Waals surface area contributed by atoms with Gasteiger partial charge in [0.25, 0.3) is 0 Å². The van der Waals surface area contributed by atoms with Gasteiger partial charge in [-0.3, -0.25) is 0 Å². The Morgan fingerprint density at radius 2 is 0.857 bits per heavy atom. The van der Waals surface area contributed by atoms with E-state index in [4.69, 9.17) is 23.7 Å². The number of allylic oxidation sites excluding steroid dienone is 10. The average Bonchev–Trinajstić information content (AvgIpc) is 3.07. The van der Waals surface area contributed by atoms with Gasteiger partial charge in [-0.2, -0.15) is 0 Å². The van der Waals surface area contributed by atoms with Gasteiger partial charge in [0, 0.05) is 63.1 Å². The summed E-state index contributed by atoms with van der Waals surface area (Å²) >= 11 is 0. The molecule has 0 amide bonds. The fraction of sp³-hybridized carbons (Fsp3) is 0.400. The summed E-state index contributed by atoms with van der Waals surface area (Å²) < 4.78 is 25.8. The zero-order valence-electron chi connectivity index (χ0n) is 30.7. The van der Waals surface area contributed by atoms with Crippen LogP contribution in [-0.2, 0) is 23.7 Å². The van der Waals surface area contributed by atoms with Crippen LogP contribution in [0.4, 0.5) is 0 Å². The molecule has 0 heterocycles. The van der Waals surface area contributed by atoms with E-state index in [9.17, 15) is 20.4 Å². The quantitative estimate of drug-likeness (QED) is 0.0599. The molecule has 49 heavy (non-hydrogen) atoms. The highest BCUT2D eigenvalue weighted by atomic mass is 16.5. The first-order chi connectivity index (χ1) is 23.0. The smallest absolute Gasteiger partial charge is 0.119 e. The Kier molecular flexibility index (Phi) is 20.8. The van der Waals surface area contributed by atoms with Crippen LogP contribution in [0.2, 0.25) is 0 Å². The van der Waals surface area contributed by atoms with Crippen molar-refractivity contribution in [2.45, 2.75) is 20.8 Å². The van der Waals surface area contributed by atoms with Gasteiger partial charge in [-0.25, -0.2) is 0 Å². The molecule has 0 saturated carbocycles. The minimum absolute atomic E-state index is 0.0328. The van der Waals surface area contributed by atoms with Gasteiger partial charge in [0.2, 0.25) is 0 Å². The molecule has 0 rings (SSSR count). The number of rotatable bonds is 24. The van der Waals surface area contributed by atoms with Crippen LogP contribution in [0.25, 0.3) is 0 Å². The summed E-state index contributed by atoms with van der Waals surface area (Å²) in [5, 5.41) is 42.0. The molecule has 0 aliphatic rings. The molecule has 0 aromatic carbocycles. The second-order valence-corrected chi connectivity index (χ2v) is 11.9. The van der Waals surface area contributed by atoms with Crippen molar-refractivity contribution < 1.29 is 44.1 Å². The molecule has 1 unspecified atom stereocenters.